The van der Waals surface area contributed by atoms with Gasteiger partial charge in [-0.1, -0.05) is 0 Å². The lowest BCUT2D eigenvalue weighted by atomic mass is 10.3. The lowest BCUT2D eigenvalue weighted by molar-refractivity contribution is 0.275. The summed E-state index contributed by atoms with van der Waals surface area (Å²) < 4.78 is 26.4. The van der Waals surface area contributed by atoms with Crippen molar-refractivity contribution in [1.29, 1.82) is 0 Å². The monoisotopic (exact) mass is 247 g/mol. The second-order valence-corrected chi connectivity index (χ2v) is 5.45. The summed E-state index contributed by atoms with van der Waals surface area (Å²) in [5.41, 5.74) is 0.961. The Labute approximate surface area is 95.1 Å². The van der Waals surface area contributed by atoms with Crippen molar-refractivity contribution in [2.24, 2.45) is 0 Å². The molecule has 0 aromatic carbocycles. The summed E-state index contributed by atoms with van der Waals surface area (Å²) in [6.45, 7) is 4.95. The van der Waals surface area contributed by atoms with E-state index in [4.69, 9.17) is 5.11 Å². The van der Waals surface area contributed by atoms with Crippen molar-refractivity contribution in [3.8, 4) is 0 Å². The molecule has 0 fully saturated rings. The topological polar surface area (TPSA) is 95.1 Å². The molecule has 16 heavy (non-hydrogen) atoms. The van der Waals surface area contributed by atoms with E-state index in [1.54, 1.807) is 20.8 Å². The zero-order valence-electron chi connectivity index (χ0n) is 9.61. The van der Waals surface area contributed by atoms with Gasteiger partial charge in [0.05, 0.1) is 11.4 Å². The van der Waals surface area contributed by atoms with E-state index in [1.165, 1.54) is 0 Å². The Hall–Kier alpha value is -0.920. The summed E-state index contributed by atoms with van der Waals surface area (Å²) in [7, 11) is -3.55. The van der Waals surface area contributed by atoms with Gasteiger partial charge in [-0.15, -0.1) is 0 Å². The molecule has 0 radical (unpaired) electrons. The third-order valence-corrected chi connectivity index (χ3v) is 4.10. The predicted molar refractivity (Wildman–Crippen MR) is 59.5 cm³/mol. The van der Waals surface area contributed by atoms with E-state index in [0.29, 0.717) is 17.8 Å². The number of sulfonamides is 1. The maximum absolute atomic E-state index is 12.0. The molecule has 0 bridgehead atoms. The van der Waals surface area contributed by atoms with Crippen molar-refractivity contribution in [1.82, 2.24) is 14.9 Å². The highest BCUT2D eigenvalue weighted by atomic mass is 32.2. The van der Waals surface area contributed by atoms with Crippen molar-refractivity contribution in [2.75, 3.05) is 6.61 Å². The van der Waals surface area contributed by atoms with Crippen LogP contribution in [0.4, 0.5) is 0 Å². The van der Waals surface area contributed by atoms with Gasteiger partial charge in [-0.25, -0.2) is 13.1 Å². The zero-order chi connectivity index (χ0) is 12.3. The Bertz CT molecular complexity index is 433. The van der Waals surface area contributed by atoms with Crippen molar-refractivity contribution in [3.63, 3.8) is 0 Å². The number of aliphatic hydroxyl groups is 1. The third-order valence-electron chi connectivity index (χ3n) is 2.25. The molecule has 0 aliphatic heterocycles. The molecule has 1 heterocycles. The van der Waals surface area contributed by atoms with Gasteiger partial charge in [-0.2, -0.15) is 5.10 Å². The van der Waals surface area contributed by atoms with Crippen LogP contribution in [-0.4, -0.2) is 36.4 Å². The van der Waals surface area contributed by atoms with E-state index >= 15 is 0 Å². The lowest BCUT2D eigenvalue weighted by Crippen LogP contribution is -2.33. The standard InChI is InChI=1S/C9H17N3O3S/c1-6(4-5-13)12-16(14,15)9-7(2)10-11-8(9)3/h6,12-13H,4-5H2,1-3H3,(H,10,11). The minimum absolute atomic E-state index is 0.0486. The van der Waals surface area contributed by atoms with E-state index in [-0.39, 0.29) is 17.5 Å². The molecular weight excluding hydrogens is 230 g/mol. The molecule has 3 N–H and O–H groups in total. The third kappa shape index (κ3) is 2.81. The van der Waals surface area contributed by atoms with E-state index < -0.39 is 10.0 Å². The van der Waals surface area contributed by atoms with Crippen LogP contribution in [0.3, 0.4) is 0 Å². The first kappa shape index (κ1) is 13.1. The largest absolute Gasteiger partial charge is 0.396 e. The number of hydrogen-bond donors (Lipinski definition) is 3. The first-order chi connectivity index (χ1) is 7.38. The Morgan fingerprint density at radius 2 is 2.12 bits per heavy atom. The van der Waals surface area contributed by atoms with Crippen LogP contribution in [0.2, 0.25) is 0 Å². The van der Waals surface area contributed by atoms with Gasteiger partial charge in [-0.05, 0) is 27.2 Å². The number of aliphatic hydroxyl groups excluding tert-OH is 1. The fourth-order valence-corrected chi connectivity index (χ4v) is 3.16. The van der Waals surface area contributed by atoms with Crippen LogP contribution in [0.15, 0.2) is 4.90 Å². The molecular formula is C9H17N3O3S. The zero-order valence-corrected chi connectivity index (χ0v) is 10.4. The van der Waals surface area contributed by atoms with Gasteiger partial charge in [0.2, 0.25) is 10.0 Å². The predicted octanol–water partition coefficient (Wildman–Crippen LogP) is 0.0757. The Balaban J connectivity index is 2.95. The Morgan fingerprint density at radius 3 is 2.56 bits per heavy atom. The number of aromatic nitrogens is 2. The van der Waals surface area contributed by atoms with E-state index in [0.717, 1.165) is 0 Å². The molecule has 1 atom stereocenters. The summed E-state index contributed by atoms with van der Waals surface area (Å²) in [5.74, 6) is 0. The molecule has 7 heteroatoms. The van der Waals surface area contributed by atoms with Crippen molar-refractivity contribution < 1.29 is 13.5 Å². The van der Waals surface area contributed by atoms with Gasteiger partial charge in [-0.3, -0.25) is 5.10 Å². The van der Waals surface area contributed by atoms with Gasteiger partial charge in [0.25, 0.3) is 0 Å². The average molecular weight is 247 g/mol. The first-order valence-electron chi connectivity index (χ1n) is 5.03. The normalized spacial score (nSPS) is 14.0. The number of H-pyrrole nitrogens is 1. The quantitative estimate of drug-likeness (QED) is 0.686. The lowest BCUT2D eigenvalue weighted by Gasteiger charge is -2.12. The van der Waals surface area contributed by atoms with Crippen LogP contribution in [0, 0.1) is 13.8 Å². The second-order valence-electron chi connectivity index (χ2n) is 3.80. The summed E-state index contributed by atoms with van der Waals surface area (Å²) in [4.78, 5) is 0.192. The smallest absolute Gasteiger partial charge is 0.244 e. The molecule has 0 aliphatic carbocycles. The molecule has 0 spiro atoms. The second kappa shape index (κ2) is 4.94. The van der Waals surface area contributed by atoms with Crippen molar-refractivity contribution >= 4 is 10.0 Å². The van der Waals surface area contributed by atoms with Gasteiger partial charge in [0, 0.05) is 12.6 Å². The molecule has 1 rings (SSSR count). The maximum atomic E-state index is 12.0. The van der Waals surface area contributed by atoms with E-state index in [2.05, 4.69) is 14.9 Å². The highest BCUT2D eigenvalue weighted by Gasteiger charge is 2.23. The summed E-state index contributed by atoms with van der Waals surface area (Å²) >= 11 is 0. The van der Waals surface area contributed by atoms with E-state index in [1.807, 2.05) is 0 Å². The van der Waals surface area contributed by atoms with Gasteiger partial charge >= 0.3 is 0 Å². The SMILES string of the molecule is Cc1n[nH]c(C)c1S(=O)(=O)NC(C)CCO. The minimum Gasteiger partial charge on any atom is -0.396 e. The highest BCUT2D eigenvalue weighted by Crippen LogP contribution is 2.16. The number of rotatable bonds is 5. The highest BCUT2D eigenvalue weighted by molar-refractivity contribution is 7.89. The Kier molecular flexibility index (Phi) is 4.06. The fraction of sp³-hybridized carbons (Fsp3) is 0.667. The van der Waals surface area contributed by atoms with Crippen molar-refractivity contribution in [3.05, 3.63) is 11.4 Å². The summed E-state index contributed by atoms with van der Waals surface area (Å²) in [6.07, 6.45) is 0.384. The number of aryl methyl sites for hydroxylation is 2. The number of hydrogen-bond acceptors (Lipinski definition) is 4. The number of nitrogens with one attached hydrogen (secondary N) is 2. The molecule has 0 aliphatic rings. The molecule has 1 unspecified atom stereocenters. The average Bonchev–Trinajstić information content (AvgIpc) is 2.45. The van der Waals surface area contributed by atoms with Crippen LogP contribution in [0.5, 0.6) is 0 Å². The van der Waals surface area contributed by atoms with Gasteiger partial charge in [0.1, 0.15) is 4.90 Å². The van der Waals surface area contributed by atoms with Gasteiger partial charge in [0.15, 0.2) is 0 Å². The number of nitrogens with zero attached hydrogens (tertiary/aromatic N) is 1. The van der Waals surface area contributed by atoms with Crippen LogP contribution in [0.25, 0.3) is 0 Å². The van der Waals surface area contributed by atoms with Crippen LogP contribution < -0.4 is 4.72 Å². The molecule has 92 valence electrons. The molecule has 1 aromatic heterocycles. The molecule has 1 aromatic rings. The first-order valence-corrected chi connectivity index (χ1v) is 6.51. The number of aromatic amines is 1. The molecule has 6 nitrogen and oxygen atoms in total. The maximum Gasteiger partial charge on any atom is 0.244 e. The molecule has 0 saturated carbocycles. The van der Waals surface area contributed by atoms with Crippen LogP contribution >= 0.6 is 0 Å². The summed E-state index contributed by atoms with van der Waals surface area (Å²) in [6, 6.07) is -0.302. The van der Waals surface area contributed by atoms with E-state index in [9.17, 15) is 8.42 Å². The van der Waals surface area contributed by atoms with Gasteiger partial charge < -0.3 is 5.11 Å². The molecule has 0 amide bonds. The Morgan fingerprint density at radius 1 is 1.50 bits per heavy atom. The van der Waals surface area contributed by atoms with Crippen LogP contribution in [0.1, 0.15) is 24.7 Å². The summed E-state index contributed by atoms with van der Waals surface area (Å²) in [5, 5.41) is 15.2. The van der Waals surface area contributed by atoms with Crippen molar-refractivity contribution in [2.45, 2.75) is 38.1 Å². The molecule has 0 saturated heterocycles. The fourth-order valence-electron chi connectivity index (χ4n) is 1.51. The minimum atomic E-state index is -3.55. The van der Waals surface area contributed by atoms with Crippen LogP contribution in [-0.2, 0) is 10.0 Å².